The lowest BCUT2D eigenvalue weighted by atomic mass is 10.2. The zero-order chi connectivity index (χ0) is 15.6. The lowest BCUT2D eigenvalue weighted by Gasteiger charge is -2.09. The van der Waals surface area contributed by atoms with Crippen molar-refractivity contribution in [3.05, 3.63) is 47.8 Å². The predicted molar refractivity (Wildman–Crippen MR) is 75.9 cm³/mol. The molecule has 8 heteroatoms. The summed E-state index contributed by atoms with van der Waals surface area (Å²) < 4.78 is 35.0. The van der Waals surface area contributed by atoms with Crippen LogP contribution in [0.25, 0.3) is 0 Å². The number of hydrogen-bond donors (Lipinski definition) is 0. The Balaban J connectivity index is 2.61. The summed E-state index contributed by atoms with van der Waals surface area (Å²) in [4.78, 5) is 11.7. The van der Waals surface area contributed by atoms with Gasteiger partial charge in [0.05, 0.1) is 18.2 Å². The van der Waals surface area contributed by atoms with E-state index in [1.54, 1.807) is 12.1 Å². The number of benzene rings is 1. The molecule has 0 spiro atoms. The number of aromatic nitrogens is 1. The van der Waals surface area contributed by atoms with Crippen LogP contribution in [0.2, 0.25) is 0 Å². The Morgan fingerprint density at radius 1 is 1.24 bits per heavy atom. The quantitative estimate of drug-likeness (QED) is 0.628. The highest BCUT2D eigenvalue weighted by atomic mass is 32.2. The number of carbonyl (C=O) groups is 1. The molecule has 108 valence electrons. The van der Waals surface area contributed by atoms with Crippen molar-refractivity contribution >= 4 is 24.0 Å². The molecule has 21 heavy (non-hydrogen) atoms. The Morgan fingerprint density at radius 3 is 2.38 bits per heavy atom. The van der Waals surface area contributed by atoms with E-state index in [0.717, 1.165) is 22.8 Å². The summed E-state index contributed by atoms with van der Waals surface area (Å²) in [5.74, 6) is -0.778. The summed E-state index contributed by atoms with van der Waals surface area (Å²) in [6.45, 7) is 1.84. The van der Waals surface area contributed by atoms with Crippen LogP contribution in [0.4, 0.5) is 0 Å². The molecule has 2 radical (unpaired) electrons. The van der Waals surface area contributed by atoms with Gasteiger partial charge in [-0.15, -0.1) is 0 Å². The van der Waals surface area contributed by atoms with E-state index >= 15 is 0 Å². The fourth-order valence-corrected chi connectivity index (χ4v) is 3.10. The normalized spacial score (nSPS) is 11.1. The van der Waals surface area contributed by atoms with Crippen LogP contribution >= 0.6 is 0 Å². The minimum atomic E-state index is -3.95. The Labute approximate surface area is 123 Å². The highest BCUT2D eigenvalue weighted by Crippen LogP contribution is 2.23. The van der Waals surface area contributed by atoms with Crippen LogP contribution in [0.1, 0.15) is 16.1 Å². The van der Waals surface area contributed by atoms with Crippen LogP contribution in [0.5, 0.6) is 5.75 Å². The molecule has 2 rings (SSSR count). The molecule has 0 atom stereocenters. The van der Waals surface area contributed by atoms with E-state index in [1.165, 1.54) is 18.2 Å². The number of rotatable bonds is 4. The average Bonchev–Trinajstić information content (AvgIpc) is 2.92. The van der Waals surface area contributed by atoms with E-state index in [0.29, 0.717) is 0 Å². The molecule has 0 amide bonds. The first-order chi connectivity index (χ1) is 9.90. The van der Waals surface area contributed by atoms with E-state index in [9.17, 15) is 13.2 Å². The third kappa shape index (κ3) is 2.80. The zero-order valence-electron chi connectivity index (χ0n) is 11.4. The molecule has 0 N–H and O–H groups in total. The molecule has 0 unspecified atom stereocenters. The van der Waals surface area contributed by atoms with Crippen molar-refractivity contribution in [3.63, 3.8) is 0 Å². The summed E-state index contributed by atoms with van der Waals surface area (Å²) in [5, 5.41) is 0. The van der Waals surface area contributed by atoms with Crippen LogP contribution in [0, 0.1) is 6.92 Å². The third-order valence-corrected chi connectivity index (χ3v) is 4.56. The standard InChI is InChI=1S/C13H12BNO5S/c1-9-3-5-11(6-4-9)21(17,18)15-8-10(20-14)7-12(15)13(16)19-2/h3-8H,1-2H3. The molecule has 0 aliphatic rings. The number of hydrogen-bond acceptors (Lipinski definition) is 5. The maximum atomic E-state index is 12.6. The second kappa shape index (κ2) is 5.65. The molecule has 0 bridgehead atoms. The highest BCUT2D eigenvalue weighted by Gasteiger charge is 2.25. The van der Waals surface area contributed by atoms with Gasteiger partial charge in [-0.25, -0.2) is 17.2 Å². The van der Waals surface area contributed by atoms with E-state index in [1.807, 2.05) is 6.92 Å². The van der Waals surface area contributed by atoms with Gasteiger partial charge in [0.15, 0.2) is 0 Å². The van der Waals surface area contributed by atoms with Crippen molar-refractivity contribution in [2.24, 2.45) is 0 Å². The van der Waals surface area contributed by atoms with Gasteiger partial charge in [-0.05, 0) is 19.1 Å². The Morgan fingerprint density at radius 2 is 1.86 bits per heavy atom. The number of aryl methyl sites for hydroxylation is 1. The van der Waals surface area contributed by atoms with Crippen molar-refractivity contribution in [1.82, 2.24) is 3.97 Å². The Hall–Kier alpha value is -2.22. The van der Waals surface area contributed by atoms with E-state index in [2.05, 4.69) is 9.39 Å². The van der Waals surface area contributed by atoms with Gasteiger partial charge in [-0.2, -0.15) is 0 Å². The molecular formula is C13H12BNO5S. The molecule has 6 nitrogen and oxygen atoms in total. The Bertz CT molecular complexity index is 764. The maximum absolute atomic E-state index is 12.6. The maximum Gasteiger partial charge on any atom is 0.374 e. The lowest BCUT2D eigenvalue weighted by molar-refractivity contribution is 0.0592. The summed E-state index contributed by atoms with van der Waals surface area (Å²) in [5.41, 5.74) is 0.721. The molecule has 0 fully saturated rings. The second-order valence-corrected chi connectivity index (χ2v) is 6.10. The molecule has 0 aliphatic heterocycles. The summed E-state index contributed by atoms with van der Waals surface area (Å²) >= 11 is 0. The smallest absolute Gasteiger partial charge is 0.374 e. The van der Waals surface area contributed by atoms with Crippen molar-refractivity contribution in [1.29, 1.82) is 0 Å². The van der Waals surface area contributed by atoms with Crippen molar-refractivity contribution in [3.8, 4) is 5.75 Å². The number of esters is 1. The van der Waals surface area contributed by atoms with Crippen LogP contribution in [0.3, 0.4) is 0 Å². The first-order valence-electron chi connectivity index (χ1n) is 5.90. The minimum Gasteiger partial charge on any atom is -0.567 e. The van der Waals surface area contributed by atoms with Gasteiger partial charge >= 0.3 is 14.0 Å². The van der Waals surface area contributed by atoms with Crippen LogP contribution in [-0.2, 0) is 14.8 Å². The fourth-order valence-electron chi connectivity index (χ4n) is 1.76. The molecule has 1 heterocycles. The van der Waals surface area contributed by atoms with Gasteiger partial charge in [0.2, 0.25) is 0 Å². The molecule has 0 saturated carbocycles. The number of ether oxygens (including phenoxy) is 1. The molecule has 0 saturated heterocycles. The fraction of sp³-hybridized carbons (Fsp3) is 0.154. The monoisotopic (exact) mass is 305 g/mol. The molecule has 2 aromatic rings. The minimum absolute atomic E-state index is 0.0334. The number of carbonyl (C=O) groups excluding carboxylic acids is 1. The molecular weight excluding hydrogens is 293 g/mol. The second-order valence-electron chi connectivity index (χ2n) is 4.28. The van der Waals surface area contributed by atoms with E-state index < -0.39 is 16.0 Å². The Kier molecular flexibility index (Phi) is 4.08. The SMILES string of the molecule is [B]Oc1cc(C(=O)OC)n(S(=O)(=O)c2ccc(C)cc2)c1. The topological polar surface area (TPSA) is 74.6 Å². The lowest BCUT2D eigenvalue weighted by Crippen LogP contribution is -2.18. The predicted octanol–water partition coefficient (Wildman–Crippen LogP) is 1.28. The van der Waals surface area contributed by atoms with Gasteiger partial charge < -0.3 is 9.39 Å². The van der Waals surface area contributed by atoms with Gasteiger partial charge in [-0.1, -0.05) is 17.7 Å². The van der Waals surface area contributed by atoms with Gasteiger partial charge in [0.25, 0.3) is 10.0 Å². The summed E-state index contributed by atoms with van der Waals surface area (Å²) in [6, 6.07) is 7.42. The molecule has 0 aliphatic carbocycles. The summed E-state index contributed by atoms with van der Waals surface area (Å²) in [7, 11) is 2.22. The van der Waals surface area contributed by atoms with Crippen molar-refractivity contribution in [2.75, 3.05) is 7.11 Å². The number of nitrogens with zero attached hydrogens (tertiary/aromatic N) is 1. The third-order valence-electron chi connectivity index (χ3n) is 2.87. The average molecular weight is 305 g/mol. The van der Waals surface area contributed by atoms with Gasteiger partial charge in [0.1, 0.15) is 11.4 Å². The first kappa shape index (κ1) is 15.2. The van der Waals surface area contributed by atoms with Gasteiger partial charge in [0, 0.05) is 6.07 Å². The zero-order valence-corrected chi connectivity index (χ0v) is 12.3. The van der Waals surface area contributed by atoms with E-state index in [-0.39, 0.29) is 16.3 Å². The van der Waals surface area contributed by atoms with Crippen molar-refractivity contribution in [2.45, 2.75) is 11.8 Å². The van der Waals surface area contributed by atoms with Crippen LogP contribution in [-0.4, -0.2) is 33.5 Å². The van der Waals surface area contributed by atoms with Crippen molar-refractivity contribution < 1.29 is 22.6 Å². The summed E-state index contributed by atoms with van der Waals surface area (Å²) in [6.07, 6.45) is 1.11. The molecule has 1 aromatic heterocycles. The highest BCUT2D eigenvalue weighted by molar-refractivity contribution is 7.90. The van der Waals surface area contributed by atoms with Crippen LogP contribution < -0.4 is 4.65 Å². The van der Waals surface area contributed by atoms with E-state index in [4.69, 9.17) is 8.05 Å². The first-order valence-corrected chi connectivity index (χ1v) is 7.34. The number of methoxy groups -OCH3 is 1. The largest absolute Gasteiger partial charge is 0.567 e. The van der Waals surface area contributed by atoms with Crippen LogP contribution in [0.15, 0.2) is 41.4 Å². The molecule has 1 aromatic carbocycles. The van der Waals surface area contributed by atoms with Gasteiger partial charge in [-0.3, -0.25) is 0 Å².